The highest BCUT2D eigenvalue weighted by Crippen LogP contribution is 2.13. The van der Waals surface area contributed by atoms with Gasteiger partial charge < -0.3 is 19.9 Å². The smallest absolute Gasteiger partial charge is 0.306 e. The van der Waals surface area contributed by atoms with Gasteiger partial charge in [-0.1, -0.05) is 116 Å². The highest BCUT2D eigenvalue weighted by molar-refractivity contribution is 5.72. The van der Waals surface area contributed by atoms with Crippen LogP contribution in [0.1, 0.15) is 155 Å². The van der Waals surface area contributed by atoms with Crippen molar-refractivity contribution in [3.05, 3.63) is 0 Å². The number of aliphatic hydroxyl groups excluding tert-OH is 1. The molecule has 0 heterocycles. The molecule has 0 radical (unpaired) electrons. The van der Waals surface area contributed by atoms with Gasteiger partial charge in [-0.3, -0.25) is 14.4 Å². The second-order valence-corrected chi connectivity index (χ2v) is 10.7. The van der Waals surface area contributed by atoms with Crippen LogP contribution in [0.2, 0.25) is 0 Å². The number of unbranched alkanes of at least 4 members (excludes halogenated alkanes) is 18. The first-order valence-corrected chi connectivity index (χ1v) is 15.7. The van der Waals surface area contributed by atoms with Gasteiger partial charge >= 0.3 is 11.9 Å². The number of hydrogen-bond acceptors (Lipinski definition) is 6. The fourth-order valence-electron chi connectivity index (χ4n) is 4.46. The largest absolute Gasteiger partial charge is 0.462 e. The van der Waals surface area contributed by atoms with E-state index in [2.05, 4.69) is 12.2 Å². The highest BCUT2D eigenvalue weighted by atomic mass is 16.6. The van der Waals surface area contributed by atoms with Crippen LogP contribution in [0.4, 0.5) is 0 Å². The number of nitrogens with one attached hydrogen (secondary N) is 1. The second-order valence-electron chi connectivity index (χ2n) is 10.7. The Bertz CT molecular complexity index is 569. The Balaban J connectivity index is 3.55. The second kappa shape index (κ2) is 28.4. The molecule has 1 atom stereocenters. The van der Waals surface area contributed by atoms with E-state index in [-0.39, 0.29) is 31.1 Å². The van der Waals surface area contributed by atoms with Crippen molar-refractivity contribution in [1.29, 1.82) is 0 Å². The third kappa shape index (κ3) is 27.4. The standard InChI is InChI=1S/C31H59NO6/c1-3-4-5-6-7-8-11-15-18-21-24-31(36)38-29(26-33)27-37-30(35)23-20-17-14-12-9-10-13-16-19-22-25-32-28(2)34/h29,33H,3-27H2,1-2H3,(H,32,34)/t29-/m0/s1. The number of aliphatic hydroxyl groups is 1. The molecular weight excluding hydrogens is 482 g/mol. The average Bonchev–Trinajstić information content (AvgIpc) is 2.90. The molecule has 0 aromatic carbocycles. The van der Waals surface area contributed by atoms with Gasteiger partial charge in [0.15, 0.2) is 6.10 Å². The van der Waals surface area contributed by atoms with Crippen molar-refractivity contribution in [2.75, 3.05) is 19.8 Å². The molecule has 224 valence electrons. The summed E-state index contributed by atoms with van der Waals surface area (Å²) in [6.07, 6.45) is 23.2. The predicted molar refractivity (Wildman–Crippen MR) is 154 cm³/mol. The van der Waals surface area contributed by atoms with Gasteiger partial charge in [0.25, 0.3) is 0 Å². The van der Waals surface area contributed by atoms with Crippen molar-refractivity contribution in [1.82, 2.24) is 5.32 Å². The van der Waals surface area contributed by atoms with Crippen LogP contribution in [-0.4, -0.2) is 48.8 Å². The van der Waals surface area contributed by atoms with Gasteiger partial charge in [-0.05, 0) is 19.3 Å². The van der Waals surface area contributed by atoms with Gasteiger partial charge in [-0.2, -0.15) is 0 Å². The Morgan fingerprint density at radius 1 is 0.632 bits per heavy atom. The molecule has 0 spiro atoms. The predicted octanol–water partition coefficient (Wildman–Crippen LogP) is 7.17. The van der Waals surface area contributed by atoms with Crippen molar-refractivity contribution in [3.63, 3.8) is 0 Å². The zero-order chi connectivity index (χ0) is 28.1. The van der Waals surface area contributed by atoms with E-state index in [1.54, 1.807) is 6.92 Å². The third-order valence-corrected chi connectivity index (χ3v) is 6.85. The van der Waals surface area contributed by atoms with E-state index >= 15 is 0 Å². The Kier molecular flexibility index (Phi) is 27.2. The number of hydrogen-bond donors (Lipinski definition) is 2. The van der Waals surface area contributed by atoms with Crippen LogP contribution >= 0.6 is 0 Å². The highest BCUT2D eigenvalue weighted by Gasteiger charge is 2.16. The molecule has 38 heavy (non-hydrogen) atoms. The van der Waals surface area contributed by atoms with E-state index in [0.29, 0.717) is 12.8 Å². The summed E-state index contributed by atoms with van der Waals surface area (Å²) in [5.74, 6) is -0.582. The molecule has 0 aromatic rings. The Labute approximate surface area is 233 Å². The maximum absolute atomic E-state index is 12.0. The number of esters is 2. The number of rotatable bonds is 28. The molecule has 1 amide bonds. The molecule has 0 aliphatic heterocycles. The minimum atomic E-state index is -0.778. The summed E-state index contributed by atoms with van der Waals surface area (Å²) in [5.41, 5.74) is 0. The van der Waals surface area contributed by atoms with Crippen molar-refractivity contribution in [3.8, 4) is 0 Å². The molecule has 0 aliphatic carbocycles. The normalized spacial score (nSPS) is 11.8. The summed E-state index contributed by atoms with van der Waals surface area (Å²) in [4.78, 5) is 34.8. The average molecular weight is 542 g/mol. The summed E-state index contributed by atoms with van der Waals surface area (Å²) < 4.78 is 10.5. The minimum absolute atomic E-state index is 0.0446. The SMILES string of the molecule is CCCCCCCCCCCCC(=O)O[C@@H](CO)COC(=O)CCCCCCCCCCCCNC(C)=O. The van der Waals surface area contributed by atoms with E-state index < -0.39 is 6.10 Å². The fourth-order valence-corrected chi connectivity index (χ4v) is 4.46. The molecule has 0 unspecified atom stereocenters. The zero-order valence-electron chi connectivity index (χ0n) is 24.7. The van der Waals surface area contributed by atoms with E-state index in [9.17, 15) is 19.5 Å². The number of amides is 1. The summed E-state index contributed by atoms with van der Waals surface area (Å²) in [6, 6.07) is 0. The summed E-state index contributed by atoms with van der Waals surface area (Å²) >= 11 is 0. The van der Waals surface area contributed by atoms with Crippen LogP contribution in [-0.2, 0) is 23.9 Å². The maximum Gasteiger partial charge on any atom is 0.306 e. The van der Waals surface area contributed by atoms with Gasteiger partial charge in [0.1, 0.15) is 6.61 Å². The first-order valence-electron chi connectivity index (χ1n) is 15.7. The zero-order valence-corrected chi connectivity index (χ0v) is 24.7. The van der Waals surface area contributed by atoms with Gasteiger partial charge in [0.05, 0.1) is 6.61 Å². The van der Waals surface area contributed by atoms with Crippen molar-refractivity contribution >= 4 is 17.8 Å². The quantitative estimate of drug-likeness (QED) is 0.0804. The van der Waals surface area contributed by atoms with Crippen molar-refractivity contribution in [2.24, 2.45) is 0 Å². The summed E-state index contributed by atoms with van der Waals surface area (Å²) in [6.45, 7) is 4.14. The van der Waals surface area contributed by atoms with Gasteiger partial charge in [-0.15, -0.1) is 0 Å². The third-order valence-electron chi connectivity index (χ3n) is 6.85. The Hall–Kier alpha value is -1.63. The molecule has 0 rings (SSSR count). The maximum atomic E-state index is 12.0. The Morgan fingerprint density at radius 3 is 1.50 bits per heavy atom. The molecule has 0 bridgehead atoms. The summed E-state index contributed by atoms with van der Waals surface area (Å²) in [5, 5.41) is 12.3. The number of carbonyl (C=O) groups is 3. The van der Waals surface area contributed by atoms with Crippen molar-refractivity contribution < 1.29 is 29.0 Å². The van der Waals surface area contributed by atoms with Crippen LogP contribution < -0.4 is 5.32 Å². The lowest BCUT2D eigenvalue weighted by molar-refractivity contribution is -0.161. The molecule has 7 heteroatoms. The lowest BCUT2D eigenvalue weighted by Crippen LogP contribution is -2.28. The monoisotopic (exact) mass is 541 g/mol. The molecule has 2 N–H and O–H groups in total. The molecular formula is C31H59NO6. The first kappa shape index (κ1) is 36.4. The van der Waals surface area contributed by atoms with E-state index in [0.717, 1.165) is 57.9 Å². The first-order chi connectivity index (χ1) is 18.5. The molecule has 0 aliphatic rings. The van der Waals surface area contributed by atoms with E-state index in [1.807, 2.05) is 0 Å². The number of ether oxygens (including phenoxy) is 2. The molecule has 0 aromatic heterocycles. The Morgan fingerprint density at radius 2 is 1.05 bits per heavy atom. The summed E-state index contributed by atoms with van der Waals surface area (Å²) in [7, 11) is 0. The molecule has 0 fully saturated rings. The van der Waals surface area contributed by atoms with Gasteiger partial charge in [0.2, 0.25) is 5.91 Å². The molecule has 7 nitrogen and oxygen atoms in total. The molecule has 0 saturated carbocycles. The lowest BCUT2D eigenvalue weighted by Gasteiger charge is -2.15. The van der Waals surface area contributed by atoms with Crippen LogP contribution in [0.15, 0.2) is 0 Å². The van der Waals surface area contributed by atoms with Gasteiger partial charge in [-0.25, -0.2) is 0 Å². The topological polar surface area (TPSA) is 102 Å². The van der Waals surface area contributed by atoms with E-state index in [4.69, 9.17) is 9.47 Å². The van der Waals surface area contributed by atoms with Crippen LogP contribution in [0.5, 0.6) is 0 Å². The minimum Gasteiger partial charge on any atom is -0.462 e. The fraction of sp³-hybridized carbons (Fsp3) is 0.903. The van der Waals surface area contributed by atoms with Gasteiger partial charge in [0, 0.05) is 26.3 Å². The van der Waals surface area contributed by atoms with Crippen LogP contribution in [0.3, 0.4) is 0 Å². The van der Waals surface area contributed by atoms with Crippen LogP contribution in [0.25, 0.3) is 0 Å². The number of carbonyl (C=O) groups excluding carboxylic acids is 3. The van der Waals surface area contributed by atoms with Crippen molar-refractivity contribution in [2.45, 2.75) is 161 Å². The molecule has 0 saturated heterocycles. The van der Waals surface area contributed by atoms with Crippen LogP contribution in [0, 0.1) is 0 Å². The van der Waals surface area contributed by atoms with E-state index in [1.165, 1.54) is 77.0 Å². The lowest BCUT2D eigenvalue weighted by atomic mass is 10.1.